The van der Waals surface area contributed by atoms with Gasteiger partial charge in [-0.3, -0.25) is 14.5 Å². The second-order valence-electron chi connectivity index (χ2n) is 7.95. The molecule has 1 unspecified atom stereocenters. The zero-order valence-electron chi connectivity index (χ0n) is 20.4. The Morgan fingerprint density at radius 3 is 2.42 bits per heavy atom. The van der Waals surface area contributed by atoms with Crippen LogP contribution in [-0.2, 0) is 9.53 Å². The quantitative estimate of drug-likeness (QED) is 0.325. The van der Waals surface area contributed by atoms with Crippen molar-refractivity contribution in [1.29, 1.82) is 0 Å². The molecule has 1 aliphatic rings. The SMILES string of the molecule is CCOC(=O)c1sc(N2C(=O)C(O)=C(C(=O)c3sc(C)nc3C)C2c2cccc(OCC)c2)nc1C. The number of ether oxygens (including phenoxy) is 2. The van der Waals surface area contributed by atoms with Gasteiger partial charge in [0.2, 0.25) is 5.78 Å². The summed E-state index contributed by atoms with van der Waals surface area (Å²) in [4.78, 5) is 50.2. The van der Waals surface area contributed by atoms with Gasteiger partial charge >= 0.3 is 5.97 Å². The van der Waals surface area contributed by atoms with Gasteiger partial charge in [0.05, 0.1) is 46.1 Å². The Bertz CT molecular complexity index is 1390. The molecule has 0 bridgehead atoms. The number of hydrogen-bond acceptors (Lipinski definition) is 10. The molecular weight excluding hydrogens is 502 g/mol. The van der Waals surface area contributed by atoms with Crippen LogP contribution in [0.4, 0.5) is 5.13 Å². The summed E-state index contributed by atoms with van der Waals surface area (Å²) >= 11 is 2.17. The largest absolute Gasteiger partial charge is 0.503 e. The molecule has 1 atom stereocenters. The molecule has 4 rings (SSSR count). The maximum Gasteiger partial charge on any atom is 0.350 e. The van der Waals surface area contributed by atoms with E-state index in [1.54, 1.807) is 52.0 Å². The highest BCUT2D eigenvalue weighted by molar-refractivity contribution is 7.17. The molecule has 0 radical (unpaired) electrons. The predicted octanol–water partition coefficient (Wildman–Crippen LogP) is 4.88. The standard InChI is InChI=1S/C25H25N3O6S2/c1-6-33-16-10-8-9-15(11-16)18-17(19(29)21-12(3)26-14(5)35-21)20(30)23(31)28(18)25-27-13(4)22(36-25)24(32)34-7-2/h8-11,18,30H,6-7H2,1-5H3. The van der Waals surface area contributed by atoms with Gasteiger partial charge in [-0.25, -0.2) is 14.8 Å². The molecule has 1 aromatic carbocycles. The van der Waals surface area contributed by atoms with Gasteiger partial charge in [0.15, 0.2) is 10.9 Å². The molecule has 0 saturated carbocycles. The molecule has 1 N–H and O–H groups in total. The van der Waals surface area contributed by atoms with Crippen LogP contribution in [0.2, 0.25) is 0 Å². The summed E-state index contributed by atoms with van der Waals surface area (Å²) in [6.07, 6.45) is 0. The molecule has 3 heterocycles. The fourth-order valence-corrected chi connectivity index (χ4v) is 5.89. The molecule has 0 fully saturated rings. The highest BCUT2D eigenvalue weighted by Crippen LogP contribution is 2.45. The second-order valence-corrected chi connectivity index (χ2v) is 10.1. The maximum atomic E-state index is 13.7. The molecule has 11 heteroatoms. The highest BCUT2D eigenvalue weighted by Gasteiger charge is 2.47. The van der Waals surface area contributed by atoms with Crippen LogP contribution in [0.5, 0.6) is 5.75 Å². The van der Waals surface area contributed by atoms with Crippen molar-refractivity contribution in [3.63, 3.8) is 0 Å². The molecule has 0 saturated heterocycles. The molecule has 1 amide bonds. The van der Waals surface area contributed by atoms with E-state index in [2.05, 4.69) is 9.97 Å². The third-order valence-electron chi connectivity index (χ3n) is 5.50. The Labute approximate surface area is 216 Å². The zero-order valence-corrected chi connectivity index (χ0v) is 22.1. The van der Waals surface area contributed by atoms with Crippen LogP contribution < -0.4 is 9.64 Å². The maximum absolute atomic E-state index is 13.7. The Morgan fingerprint density at radius 2 is 1.78 bits per heavy atom. The third-order valence-corrected chi connectivity index (χ3v) is 7.71. The minimum Gasteiger partial charge on any atom is -0.503 e. The van der Waals surface area contributed by atoms with Crippen LogP contribution in [0.15, 0.2) is 35.6 Å². The number of hydrogen-bond donors (Lipinski definition) is 1. The first-order chi connectivity index (χ1) is 17.2. The van der Waals surface area contributed by atoms with Crippen LogP contribution in [0.3, 0.4) is 0 Å². The van der Waals surface area contributed by atoms with E-state index in [1.165, 1.54) is 16.2 Å². The Kier molecular flexibility index (Phi) is 7.23. The average Bonchev–Trinajstić information content (AvgIpc) is 3.47. The number of carbonyl (C=O) groups is 3. The summed E-state index contributed by atoms with van der Waals surface area (Å²) < 4.78 is 10.7. The summed E-state index contributed by atoms with van der Waals surface area (Å²) in [6, 6.07) is 5.99. The van der Waals surface area contributed by atoms with Crippen molar-refractivity contribution in [2.45, 2.75) is 40.7 Å². The number of nitrogens with zero attached hydrogens (tertiary/aromatic N) is 3. The topological polar surface area (TPSA) is 119 Å². The lowest BCUT2D eigenvalue weighted by Gasteiger charge is -2.24. The first-order valence-corrected chi connectivity index (χ1v) is 12.9. The van der Waals surface area contributed by atoms with Gasteiger partial charge in [-0.05, 0) is 52.3 Å². The van der Waals surface area contributed by atoms with E-state index < -0.39 is 29.5 Å². The normalized spacial score (nSPS) is 15.5. The number of benzene rings is 1. The smallest absolute Gasteiger partial charge is 0.350 e. The van der Waals surface area contributed by atoms with Crippen molar-refractivity contribution in [2.75, 3.05) is 18.1 Å². The van der Waals surface area contributed by atoms with Crippen molar-refractivity contribution in [3.05, 3.63) is 67.3 Å². The van der Waals surface area contributed by atoms with Gasteiger partial charge in [0.1, 0.15) is 10.6 Å². The van der Waals surface area contributed by atoms with Gasteiger partial charge in [0.25, 0.3) is 5.91 Å². The minimum absolute atomic E-state index is 0.0778. The summed E-state index contributed by atoms with van der Waals surface area (Å²) in [5.41, 5.74) is 1.37. The number of ketones is 1. The van der Waals surface area contributed by atoms with Crippen molar-refractivity contribution >= 4 is 45.5 Å². The van der Waals surface area contributed by atoms with Crippen molar-refractivity contribution in [1.82, 2.24) is 9.97 Å². The predicted molar refractivity (Wildman–Crippen MR) is 136 cm³/mol. The van der Waals surface area contributed by atoms with Crippen LogP contribution in [0, 0.1) is 20.8 Å². The minimum atomic E-state index is -0.993. The molecule has 2 aromatic heterocycles. The Morgan fingerprint density at radius 1 is 1.06 bits per heavy atom. The zero-order chi connectivity index (χ0) is 26.1. The van der Waals surface area contributed by atoms with Gasteiger partial charge in [-0.15, -0.1) is 11.3 Å². The Hall–Kier alpha value is -3.57. The van der Waals surface area contributed by atoms with Crippen molar-refractivity contribution < 1.29 is 29.0 Å². The molecule has 36 heavy (non-hydrogen) atoms. The van der Waals surface area contributed by atoms with E-state index in [0.717, 1.165) is 11.3 Å². The lowest BCUT2D eigenvalue weighted by molar-refractivity contribution is -0.117. The Balaban J connectivity index is 1.88. The molecule has 0 aliphatic carbocycles. The number of aryl methyl sites for hydroxylation is 3. The van der Waals surface area contributed by atoms with Crippen LogP contribution in [-0.4, -0.2) is 45.9 Å². The van der Waals surface area contributed by atoms with E-state index in [1.807, 2.05) is 6.92 Å². The third kappa shape index (κ3) is 4.51. The number of Topliss-reactive ketones (excluding diaryl/α,β-unsaturated/α-hetero) is 1. The summed E-state index contributed by atoms with van der Waals surface area (Å²) in [7, 11) is 0. The van der Waals surface area contributed by atoms with E-state index in [0.29, 0.717) is 39.2 Å². The number of esters is 1. The number of rotatable bonds is 8. The summed E-state index contributed by atoms with van der Waals surface area (Å²) in [6.45, 7) is 9.30. The fraction of sp³-hybridized carbons (Fsp3) is 0.320. The number of aromatic nitrogens is 2. The van der Waals surface area contributed by atoms with E-state index in [9.17, 15) is 19.5 Å². The van der Waals surface area contributed by atoms with E-state index in [-0.39, 0.29) is 22.2 Å². The van der Waals surface area contributed by atoms with Crippen LogP contribution >= 0.6 is 22.7 Å². The van der Waals surface area contributed by atoms with Crippen molar-refractivity contribution in [3.8, 4) is 5.75 Å². The lowest BCUT2D eigenvalue weighted by Crippen LogP contribution is -2.31. The number of amides is 1. The van der Waals surface area contributed by atoms with Gasteiger partial charge in [0, 0.05) is 0 Å². The summed E-state index contributed by atoms with van der Waals surface area (Å²) in [5.74, 6) is -1.94. The first-order valence-electron chi connectivity index (χ1n) is 11.3. The van der Waals surface area contributed by atoms with Gasteiger partial charge in [-0.2, -0.15) is 0 Å². The molecule has 9 nitrogen and oxygen atoms in total. The molecule has 0 spiro atoms. The fourth-order valence-electron chi connectivity index (χ4n) is 4.03. The molecule has 1 aliphatic heterocycles. The number of aliphatic hydroxyl groups is 1. The molecule has 3 aromatic rings. The lowest BCUT2D eigenvalue weighted by atomic mass is 9.95. The highest BCUT2D eigenvalue weighted by atomic mass is 32.1. The molecular formula is C25H25N3O6S2. The monoisotopic (exact) mass is 527 g/mol. The van der Waals surface area contributed by atoms with Crippen LogP contribution in [0.25, 0.3) is 0 Å². The number of thiazole rings is 2. The number of aliphatic hydroxyl groups excluding tert-OH is 1. The number of anilines is 1. The van der Waals surface area contributed by atoms with E-state index in [4.69, 9.17) is 9.47 Å². The average molecular weight is 528 g/mol. The van der Waals surface area contributed by atoms with Crippen LogP contribution in [0.1, 0.15) is 61.2 Å². The summed E-state index contributed by atoms with van der Waals surface area (Å²) in [5, 5.41) is 11.9. The number of carbonyl (C=O) groups excluding carboxylic acids is 3. The van der Waals surface area contributed by atoms with E-state index >= 15 is 0 Å². The molecule has 188 valence electrons. The first kappa shape index (κ1) is 25.5. The van der Waals surface area contributed by atoms with Gasteiger partial charge in [-0.1, -0.05) is 23.5 Å². The second kappa shape index (κ2) is 10.2. The van der Waals surface area contributed by atoms with Crippen molar-refractivity contribution in [2.24, 2.45) is 0 Å². The van der Waals surface area contributed by atoms with Gasteiger partial charge < -0.3 is 14.6 Å².